The second-order valence-electron chi connectivity index (χ2n) is 4.53. The summed E-state index contributed by atoms with van der Waals surface area (Å²) in [5.41, 5.74) is 0. The molecule has 0 aromatic carbocycles. The minimum absolute atomic E-state index is 0.615. The van der Waals surface area contributed by atoms with Gasteiger partial charge in [-0.2, -0.15) is 0 Å². The topological polar surface area (TPSA) is 24.1 Å². The Balaban J connectivity index is 2.15. The smallest absolute Gasteiger partial charge is 0.166 e. The first-order valence-corrected chi connectivity index (χ1v) is 6.71. The first-order chi connectivity index (χ1) is 7.26. The second kappa shape index (κ2) is 7.04. The quantitative estimate of drug-likeness (QED) is 0.724. The van der Waals surface area contributed by atoms with Crippen LogP contribution in [0, 0.1) is 5.92 Å². The van der Waals surface area contributed by atoms with E-state index in [0.717, 1.165) is 24.0 Å². The zero-order valence-electron chi connectivity index (χ0n) is 10.0. The molecular formula is C12H24N2S. The molecule has 1 rings (SSSR count). The van der Waals surface area contributed by atoms with E-state index in [9.17, 15) is 0 Å². The Bertz CT molecular complexity index is 186. The zero-order valence-corrected chi connectivity index (χ0v) is 10.8. The Morgan fingerprint density at radius 1 is 1.20 bits per heavy atom. The molecule has 1 aliphatic carbocycles. The van der Waals surface area contributed by atoms with Crippen molar-refractivity contribution in [1.82, 2.24) is 10.6 Å². The monoisotopic (exact) mass is 228 g/mol. The molecule has 0 spiro atoms. The van der Waals surface area contributed by atoms with Crippen LogP contribution in [0.5, 0.6) is 0 Å². The summed E-state index contributed by atoms with van der Waals surface area (Å²) in [5.74, 6) is 0.959. The number of rotatable bonds is 4. The molecule has 2 N–H and O–H groups in total. The third-order valence-electron chi connectivity index (χ3n) is 3.29. The summed E-state index contributed by atoms with van der Waals surface area (Å²) in [7, 11) is 0. The minimum Gasteiger partial charge on any atom is -0.363 e. The predicted molar refractivity (Wildman–Crippen MR) is 70.1 cm³/mol. The van der Waals surface area contributed by atoms with Gasteiger partial charge in [0.25, 0.3) is 0 Å². The average Bonchev–Trinajstić information content (AvgIpc) is 2.27. The van der Waals surface area contributed by atoms with Gasteiger partial charge in [-0.1, -0.05) is 20.3 Å². The van der Waals surface area contributed by atoms with E-state index in [4.69, 9.17) is 12.2 Å². The summed E-state index contributed by atoms with van der Waals surface area (Å²) in [5, 5.41) is 7.49. The van der Waals surface area contributed by atoms with Gasteiger partial charge in [-0.25, -0.2) is 0 Å². The Kier molecular flexibility index (Phi) is 5.99. The highest BCUT2D eigenvalue weighted by Gasteiger charge is 2.19. The standard InChI is InChI=1S/C12H24N2S/c1-3-9-13-12(15)14-11-7-5-10(4-2)6-8-11/h10-11H,3-9H2,1-2H3,(H2,13,14,15). The van der Waals surface area contributed by atoms with Gasteiger partial charge in [0, 0.05) is 12.6 Å². The molecule has 0 atom stereocenters. The summed E-state index contributed by atoms with van der Waals surface area (Å²) in [6, 6.07) is 0.615. The van der Waals surface area contributed by atoms with Crippen molar-refractivity contribution in [3.63, 3.8) is 0 Å². The molecule has 0 heterocycles. The van der Waals surface area contributed by atoms with Gasteiger partial charge in [0.2, 0.25) is 0 Å². The lowest BCUT2D eigenvalue weighted by molar-refractivity contribution is 0.305. The molecule has 2 nitrogen and oxygen atoms in total. The fraction of sp³-hybridized carbons (Fsp3) is 0.917. The summed E-state index contributed by atoms with van der Waals surface area (Å²) in [4.78, 5) is 0. The van der Waals surface area contributed by atoms with Crippen LogP contribution in [-0.4, -0.2) is 17.7 Å². The number of thiocarbonyl (C=S) groups is 1. The average molecular weight is 228 g/mol. The van der Waals surface area contributed by atoms with Gasteiger partial charge in [-0.05, 0) is 50.2 Å². The van der Waals surface area contributed by atoms with Gasteiger partial charge in [0.1, 0.15) is 0 Å². The van der Waals surface area contributed by atoms with E-state index in [-0.39, 0.29) is 0 Å². The molecule has 1 aliphatic rings. The molecule has 15 heavy (non-hydrogen) atoms. The van der Waals surface area contributed by atoms with Crippen molar-refractivity contribution in [1.29, 1.82) is 0 Å². The Labute approximate surface area is 99.2 Å². The van der Waals surface area contributed by atoms with Crippen LogP contribution in [0.1, 0.15) is 52.4 Å². The van der Waals surface area contributed by atoms with Gasteiger partial charge < -0.3 is 10.6 Å². The molecule has 0 radical (unpaired) electrons. The van der Waals surface area contributed by atoms with Crippen molar-refractivity contribution in [3.05, 3.63) is 0 Å². The lowest BCUT2D eigenvalue weighted by Gasteiger charge is -2.29. The van der Waals surface area contributed by atoms with Crippen LogP contribution in [0.3, 0.4) is 0 Å². The highest BCUT2D eigenvalue weighted by atomic mass is 32.1. The molecule has 0 aromatic heterocycles. The van der Waals surface area contributed by atoms with Crippen LogP contribution in [0.4, 0.5) is 0 Å². The molecule has 0 unspecified atom stereocenters. The Morgan fingerprint density at radius 3 is 2.40 bits per heavy atom. The minimum atomic E-state index is 0.615. The fourth-order valence-corrected chi connectivity index (χ4v) is 2.46. The summed E-state index contributed by atoms with van der Waals surface area (Å²) in [6.07, 6.45) is 7.77. The first kappa shape index (κ1) is 12.8. The molecule has 0 aromatic rings. The maximum Gasteiger partial charge on any atom is 0.166 e. The molecule has 0 aliphatic heterocycles. The maximum atomic E-state index is 5.24. The molecule has 88 valence electrons. The van der Waals surface area contributed by atoms with Crippen LogP contribution < -0.4 is 10.6 Å². The zero-order chi connectivity index (χ0) is 11.1. The van der Waals surface area contributed by atoms with Crippen molar-refractivity contribution < 1.29 is 0 Å². The normalized spacial score (nSPS) is 26.0. The van der Waals surface area contributed by atoms with E-state index < -0.39 is 0 Å². The largest absolute Gasteiger partial charge is 0.363 e. The van der Waals surface area contributed by atoms with Crippen LogP contribution in [0.2, 0.25) is 0 Å². The van der Waals surface area contributed by atoms with E-state index in [1.165, 1.54) is 32.1 Å². The summed E-state index contributed by atoms with van der Waals surface area (Å²) in [6.45, 7) is 5.43. The third-order valence-corrected chi connectivity index (χ3v) is 3.56. The Hall–Kier alpha value is -0.310. The van der Waals surface area contributed by atoms with Crippen LogP contribution in [0.15, 0.2) is 0 Å². The predicted octanol–water partition coefficient (Wildman–Crippen LogP) is 2.83. The molecule has 1 saturated carbocycles. The van der Waals surface area contributed by atoms with Crippen molar-refractivity contribution in [2.24, 2.45) is 5.92 Å². The van der Waals surface area contributed by atoms with Gasteiger partial charge in [-0.3, -0.25) is 0 Å². The first-order valence-electron chi connectivity index (χ1n) is 6.30. The number of nitrogens with one attached hydrogen (secondary N) is 2. The van der Waals surface area contributed by atoms with Gasteiger partial charge >= 0.3 is 0 Å². The molecule has 0 amide bonds. The molecular weight excluding hydrogens is 204 g/mol. The lowest BCUT2D eigenvalue weighted by Crippen LogP contribution is -2.43. The van der Waals surface area contributed by atoms with E-state index in [2.05, 4.69) is 24.5 Å². The fourth-order valence-electron chi connectivity index (χ4n) is 2.19. The van der Waals surface area contributed by atoms with Crippen molar-refractivity contribution in [2.45, 2.75) is 58.4 Å². The summed E-state index contributed by atoms with van der Waals surface area (Å²) >= 11 is 5.24. The molecule has 0 bridgehead atoms. The van der Waals surface area contributed by atoms with Crippen LogP contribution in [0.25, 0.3) is 0 Å². The summed E-state index contributed by atoms with van der Waals surface area (Å²) < 4.78 is 0. The van der Waals surface area contributed by atoms with Gasteiger partial charge in [0.05, 0.1) is 0 Å². The van der Waals surface area contributed by atoms with Gasteiger partial charge in [0.15, 0.2) is 5.11 Å². The van der Waals surface area contributed by atoms with E-state index in [1.54, 1.807) is 0 Å². The van der Waals surface area contributed by atoms with E-state index in [0.29, 0.717) is 6.04 Å². The highest BCUT2D eigenvalue weighted by molar-refractivity contribution is 7.80. The number of hydrogen-bond acceptors (Lipinski definition) is 1. The van der Waals surface area contributed by atoms with Crippen molar-refractivity contribution >= 4 is 17.3 Å². The van der Waals surface area contributed by atoms with Gasteiger partial charge in [-0.15, -0.1) is 0 Å². The van der Waals surface area contributed by atoms with Crippen molar-refractivity contribution in [2.75, 3.05) is 6.54 Å². The van der Waals surface area contributed by atoms with Crippen LogP contribution in [-0.2, 0) is 0 Å². The molecule has 0 saturated heterocycles. The SMILES string of the molecule is CCCNC(=S)NC1CCC(CC)CC1. The Morgan fingerprint density at radius 2 is 1.87 bits per heavy atom. The van der Waals surface area contributed by atoms with Crippen LogP contribution >= 0.6 is 12.2 Å². The van der Waals surface area contributed by atoms with E-state index >= 15 is 0 Å². The molecule has 3 heteroatoms. The second-order valence-corrected chi connectivity index (χ2v) is 4.93. The highest BCUT2D eigenvalue weighted by Crippen LogP contribution is 2.26. The molecule has 1 fully saturated rings. The third kappa shape index (κ3) is 4.83. The van der Waals surface area contributed by atoms with Crippen molar-refractivity contribution in [3.8, 4) is 0 Å². The van der Waals surface area contributed by atoms with E-state index in [1.807, 2.05) is 0 Å². The maximum absolute atomic E-state index is 5.24. The number of hydrogen-bond donors (Lipinski definition) is 2. The lowest BCUT2D eigenvalue weighted by atomic mass is 9.85.